The van der Waals surface area contributed by atoms with E-state index in [1.54, 1.807) is 18.3 Å². The zero-order valence-corrected chi connectivity index (χ0v) is 9.96. The first-order valence-corrected chi connectivity index (χ1v) is 5.52. The molecular formula is C13H15FN2O. The van der Waals surface area contributed by atoms with Crippen LogP contribution in [0.1, 0.15) is 22.8 Å². The smallest absolute Gasteiger partial charge is 0.208 e. The highest BCUT2D eigenvalue weighted by Crippen LogP contribution is 2.10. The molecule has 0 bridgehead atoms. The van der Waals surface area contributed by atoms with Crippen LogP contribution in [0.25, 0.3) is 0 Å². The van der Waals surface area contributed by atoms with Crippen molar-refractivity contribution in [2.75, 3.05) is 0 Å². The van der Waals surface area contributed by atoms with Crippen molar-refractivity contribution in [2.24, 2.45) is 0 Å². The Kier molecular flexibility index (Phi) is 3.54. The van der Waals surface area contributed by atoms with Crippen molar-refractivity contribution >= 4 is 0 Å². The maximum atomic E-state index is 13.0. The molecule has 90 valence electrons. The molecule has 0 saturated heterocycles. The Labute approximate surface area is 99.7 Å². The summed E-state index contributed by atoms with van der Waals surface area (Å²) >= 11 is 0. The van der Waals surface area contributed by atoms with Crippen molar-refractivity contribution in [3.05, 3.63) is 53.0 Å². The van der Waals surface area contributed by atoms with E-state index < -0.39 is 0 Å². The third kappa shape index (κ3) is 3.14. The third-order valence-electron chi connectivity index (χ3n) is 2.57. The van der Waals surface area contributed by atoms with Crippen LogP contribution in [-0.4, -0.2) is 4.98 Å². The molecule has 3 nitrogen and oxygen atoms in total. The summed E-state index contributed by atoms with van der Waals surface area (Å²) in [5, 5.41) is 3.18. The van der Waals surface area contributed by atoms with Crippen molar-refractivity contribution in [2.45, 2.75) is 26.9 Å². The summed E-state index contributed by atoms with van der Waals surface area (Å²) in [5.74, 6) is 1.24. The van der Waals surface area contributed by atoms with E-state index in [0.29, 0.717) is 19.0 Å². The minimum Gasteiger partial charge on any atom is -0.445 e. The number of aryl methyl sites for hydroxylation is 2. The molecule has 17 heavy (non-hydrogen) atoms. The number of hydrogen-bond acceptors (Lipinski definition) is 3. The van der Waals surface area contributed by atoms with E-state index in [2.05, 4.69) is 10.3 Å². The highest BCUT2D eigenvalue weighted by Gasteiger charge is 2.02. The summed E-state index contributed by atoms with van der Waals surface area (Å²) in [6.45, 7) is 4.97. The van der Waals surface area contributed by atoms with Gasteiger partial charge in [-0.1, -0.05) is 6.07 Å². The topological polar surface area (TPSA) is 38.1 Å². The molecule has 4 heteroatoms. The second kappa shape index (κ2) is 5.10. The summed E-state index contributed by atoms with van der Waals surface area (Å²) < 4.78 is 18.4. The molecule has 2 aromatic rings. The number of oxazole rings is 1. The van der Waals surface area contributed by atoms with Gasteiger partial charge in [0, 0.05) is 6.54 Å². The number of nitrogens with zero attached hydrogens (tertiary/aromatic N) is 1. The minimum absolute atomic E-state index is 0.209. The number of halogens is 1. The largest absolute Gasteiger partial charge is 0.445 e. The van der Waals surface area contributed by atoms with Crippen LogP contribution in [0.15, 0.2) is 28.8 Å². The van der Waals surface area contributed by atoms with Gasteiger partial charge in [-0.3, -0.25) is 0 Å². The molecule has 0 unspecified atom stereocenters. The Morgan fingerprint density at radius 3 is 2.82 bits per heavy atom. The minimum atomic E-state index is -0.209. The molecule has 1 aromatic heterocycles. The SMILES string of the molecule is Cc1cnc(CNCc2cc(F)ccc2C)o1. The van der Waals surface area contributed by atoms with Gasteiger partial charge in [0.15, 0.2) is 0 Å². The van der Waals surface area contributed by atoms with E-state index >= 15 is 0 Å². The molecule has 0 atom stereocenters. The van der Waals surface area contributed by atoms with Gasteiger partial charge in [0.25, 0.3) is 0 Å². The maximum absolute atomic E-state index is 13.0. The van der Waals surface area contributed by atoms with Gasteiger partial charge in [-0.2, -0.15) is 0 Å². The standard InChI is InChI=1S/C13H15FN2O/c1-9-3-4-12(14)5-11(9)7-15-8-13-16-6-10(2)17-13/h3-6,15H,7-8H2,1-2H3. The van der Waals surface area contributed by atoms with Crippen molar-refractivity contribution in [1.29, 1.82) is 0 Å². The van der Waals surface area contributed by atoms with Crippen molar-refractivity contribution in [3.63, 3.8) is 0 Å². The molecule has 0 aliphatic heterocycles. The van der Waals surface area contributed by atoms with Gasteiger partial charge >= 0.3 is 0 Å². The van der Waals surface area contributed by atoms with E-state index in [9.17, 15) is 4.39 Å². The average Bonchev–Trinajstić information content (AvgIpc) is 2.69. The fraction of sp³-hybridized carbons (Fsp3) is 0.308. The molecule has 0 fully saturated rings. The Bertz CT molecular complexity index is 508. The average molecular weight is 234 g/mol. The third-order valence-corrected chi connectivity index (χ3v) is 2.57. The molecule has 1 heterocycles. The lowest BCUT2D eigenvalue weighted by atomic mass is 10.1. The van der Waals surface area contributed by atoms with Crippen LogP contribution in [0.5, 0.6) is 0 Å². The summed E-state index contributed by atoms with van der Waals surface area (Å²) in [4.78, 5) is 4.08. The molecule has 2 rings (SSSR count). The molecule has 1 N–H and O–H groups in total. The summed E-state index contributed by atoms with van der Waals surface area (Å²) in [6.07, 6.45) is 1.68. The number of rotatable bonds is 4. The number of benzene rings is 1. The van der Waals surface area contributed by atoms with Gasteiger partial charge in [0.2, 0.25) is 5.89 Å². The first-order chi connectivity index (χ1) is 8.15. The van der Waals surface area contributed by atoms with Gasteiger partial charge in [-0.05, 0) is 37.1 Å². The van der Waals surface area contributed by atoms with Gasteiger partial charge in [-0.25, -0.2) is 9.37 Å². The van der Waals surface area contributed by atoms with Crippen LogP contribution in [0.2, 0.25) is 0 Å². The lowest BCUT2D eigenvalue weighted by Crippen LogP contribution is -2.13. The number of aromatic nitrogens is 1. The second-order valence-corrected chi connectivity index (χ2v) is 4.04. The Balaban J connectivity index is 1.91. The Morgan fingerprint density at radius 2 is 2.12 bits per heavy atom. The van der Waals surface area contributed by atoms with Crippen molar-refractivity contribution < 1.29 is 8.81 Å². The van der Waals surface area contributed by atoms with Crippen LogP contribution < -0.4 is 5.32 Å². The fourth-order valence-corrected chi connectivity index (χ4v) is 1.62. The second-order valence-electron chi connectivity index (χ2n) is 4.04. The quantitative estimate of drug-likeness (QED) is 0.883. The molecule has 0 spiro atoms. The van der Waals surface area contributed by atoms with Crippen LogP contribution in [0.3, 0.4) is 0 Å². The Hall–Kier alpha value is -1.68. The maximum Gasteiger partial charge on any atom is 0.208 e. The fourth-order valence-electron chi connectivity index (χ4n) is 1.62. The van der Waals surface area contributed by atoms with Gasteiger partial charge in [0.1, 0.15) is 11.6 Å². The molecule has 0 aliphatic carbocycles. The molecule has 0 aliphatic rings. The molecular weight excluding hydrogens is 219 g/mol. The summed E-state index contributed by atoms with van der Waals surface area (Å²) in [6, 6.07) is 4.79. The highest BCUT2D eigenvalue weighted by atomic mass is 19.1. The van der Waals surface area contributed by atoms with E-state index in [1.165, 1.54) is 6.07 Å². The van der Waals surface area contributed by atoms with Crippen molar-refractivity contribution in [3.8, 4) is 0 Å². The lowest BCUT2D eigenvalue weighted by Gasteiger charge is -2.06. The first kappa shape index (κ1) is 11.8. The van der Waals surface area contributed by atoms with E-state index in [4.69, 9.17) is 4.42 Å². The summed E-state index contributed by atoms with van der Waals surface area (Å²) in [7, 11) is 0. The van der Waals surface area contributed by atoms with Crippen LogP contribution in [0.4, 0.5) is 4.39 Å². The summed E-state index contributed by atoms with van der Waals surface area (Å²) in [5.41, 5.74) is 2.02. The van der Waals surface area contributed by atoms with Gasteiger partial charge in [0.05, 0.1) is 12.7 Å². The van der Waals surface area contributed by atoms with E-state index in [-0.39, 0.29) is 5.82 Å². The highest BCUT2D eigenvalue weighted by molar-refractivity contribution is 5.26. The Morgan fingerprint density at radius 1 is 1.29 bits per heavy atom. The number of nitrogens with one attached hydrogen (secondary N) is 1. The van der Waals surface area contributed by atoms with E-state index in [1.807, 2.05) is 13.8 Å². The zero-order chi connectivity index (χ0) is 12.3. The zero-order valence-electron chi connectivity index (χ0n) is 9.96. The van der Waals surface area contributed by atoms with Gasteiger partial charge < -0.3 is 9.73 Å². The molecule has 0 radical (unpaired) electrons. The molecule has 0 amide bonds. The molecule has 0 saturated carbocycles. The first-order valence-electron chi connectivity index (χ1n) is 5.52. The van der Waals surface area contributed by atoms with Crippen molar-refractivity contribution in [1.82, 2.24) is 10.3 Å². The van der Waals surface area contributed by atoms with E-state index in [0.717, 1.165) is 16.9 Å². The predicted octanol–water partition coefficient (Wildman–Crippen LogP) is 2.72. The predicted molar refractivity (Wildman–Crippen MR) is 62.9 cm³/mol. The van der Waals surface area contributed by atoms with Crippen LogP contribution in [0, 0.1) is 19.7 Å². The van der Waals surface area contributed by atoms with Crippen LogP contribution >= 0.6 is 0 Å². The monoisotopic (exact) mass is 234 g/mol. The normalized spacial score (nSPS) is 10.8. The van der Waals surface area contributed by atoms with Gasteiger partial charge in [-0.15, -0.1) is 0 Å². The number of hydrogen-bond donors (Lipinski definition) is 1. The van der Waals surface area contributed by atoms with Crippen LogP contribution in [-0.2, 0) is 13.1 Å². The lowest BCUT2D eigenvalue weighted by molar-refractivity contribution is 0.448. The molecule has 1 aromatic carbocycles.